The van der Waals surface area contributed by atoms with Gasteiger partial charge in [0.2, 0.25) is 0 Å². The van der Waals surface area contributed by atoms with Gasteiger partial charge in [0, 0.05) is 37.3 Å². The molecule has 4 heterocycles. The third-order valence-electron chi connectivity index (χ3n) is 7.16. The zero-order valence-corrected chi connectivity index (χ0v) is 18.5. The van der Waals surface area contributed by atoms with Gasteiger partial charge in [0.25, 0.3) is 0 Å². The first-order valence-electron chi connectivity index (χ1n) is 11.9. The summed E-state index contributed by atoms with van der Waals surface area (Å²) in [6, 6.07) is 7.57. The van der Waals surface area contributed by atoms with Crippen LogP contribution in [0.2, 0.25) is 0 Å². The Labute approximate surface area is 180 Å². The van der Waals surface area contributed by atoms with Gasteiger partial charge < -0.3 is 20.1 Å². The number of rotatable bonds is 7. The number of likely N-dealkylation sites (tertiary alicyclic amines) is 1. The normalized spacial score (nSPS) is 23.6. The first-order valence-corrected chi connectivity index (χ1v) is 11.9. The number of hydrogen-bond donors (Lipinski definition) is 2. The van der Waals surface area contributed by atoms with E-state index in [1.165, 1.54) is 50.9 Å². The number of imidazole rings is 1. The third-order valence-corrected chi connectivity index (χ3v) is 7.16. The lowest BCUT2D eigenvalue weighted by molar-refractivity contribution is 0.147. The summed E-state index contributed by atoms with van der Waals surface area (Å²) in [5.41, 5.74) is 2.15. The minimum Gasteiger partial charge on any atom is -0.355 e. The van der Waals surface area contributed by atoms with Gasteiger partial charge in [-0.05, 0) is 83.6 Å². The molecular formula is C24H36N6. The van der Waals surface area contributed by atoms with E-state index in [0.717, 1.165) is 42.9 Å². The predicted molar refractivity (Wildman–Crippen MR) is 122 cm³/mol. The fourth-order valence-corrected chi connectivity index (χ4v) is 4.93. The van der Waals surface area contributed by atoms with Crippen LogP contribution in [-0.2, 0) is 0 Å². The van der Waals surface area contributed by atoms with Crippen LogP contribution in [0, 0.1) is 5.92 Å². The number of anilines is 1. The molecule has 30 heavy (non-hydrogen) atoms. The van der Waals surface area contributed by atoms with Crippen molar-refractivity contribution in [2.24, 2.45) is 5.92 Å². The van der Waals surface area contributed by atoms with Gasteiger partial charge in [0.15, 0.2) is 5.82 Å². The summed E-state index contributed by atoms with van der Waals surface area (Å²) in [4.78, 5) is 18.1. The maximum absolute atomic E-state index is 4.93. The first kappa shape index (κ1) is 20.0. The van der Waals surface area contributed by atoms with Crippen LogP contribution < -0.4 is 10.2 Å². The highest BCUT2D eigenvalue weighted by atomic mass is 15.2. The Kier molecular flexibility index (Phi) is 5.79. The van der Waals surface area contributed by atoms with Crippen LogP contribution in [0.5, 0.6) is 0 Å². The molecule has 6 heteroatoms. The highest BCUT2D eigenvalue weighted by molar-refractivity contribution is 5.55. The minimum atomic E-state index is 0.573. The molecule has 0 spiro atoms. The Morgan fingerprint density at radius 3 is 2.67 bits per heavy atom. The van der Waals surface area contributed by atoms with E-state index in [0.29, 0.717) is 18.0 Å². The van der Waals surface area contributed by atoms with E-state index in [1.807, 2.05) is 0 Å². The molecule has 1 aliphatic carbocycles. The van der Waals surface area contributed by atoms with Crippen molar-refractivity contribution in [2.75, 3.05) is 37.6 Å². The fourth-order valence-electron chi connectivity index (χ4n) is 4.93. The fraction of sp³-hybridized carbons (Fsp3) is 0.667. The predicted octanol–water partition coefficient (Wildman–Crippen LogP) is 3.64. The second kappa shape index (κ2) is 8.67. The van der Waals surface area contributed by atoms with Gasteiger partial charge >= 0.3 is 0 Å². The number of pyridine rings is 1. The quantitative estimate of drug-likeness (QED) is 0.732. The lowest BCUT2D eigenvalue weighted by Crippen LogP contribution is -2.42. The Balaban J connectivity index is 1.13. The Hall–Kier alpha value is -1.92. The molecule has 1 saturated carbocycles. The molecule has 162 valence electrons. The molecule has 2 aromatic heterocycles. The second-order valence-corrected chi connectivity index (χ2v) is 9.74. The Morgan fingerprint density at radius 1 is 1.07 bits per heavy atom. The zero-order chi connectivity index (χ0) is 20.5. The number of aromatic amines is 1. The number of piperidine rings is 1. The molecule has 3 fully saturated rings. The van der Waals surface area contributed by atoms with Crippen LogP contribution in [0.25, 0.3) is 11.5 Å². The number of hydrogen-bond acceptors (Lipinski definition) is 5. The minimum absolute atomic E-state index is 0.573. The Bertz CT molecular complexity index is 834. The van der Waals surface area contributed by atoms with Gasteiger partial charge in [-0.25, -0.2) is 9.97 Å². The monoisotopic (exact) mass is 408 g/mol. The standard InChI is InChI=1S/C24H36N6/c1-17(2)29-11-8-18(9-12-29)14-25-20-10-13-30(16-20)23-5-3-4-21(27-23)24-26-15-22(28-24)19-6-7-19/h3-5,15,17-20,25H,6-14,16H2,1-2H3,(H,26,28)/t20-/m1/s1. The average Bonchev–Trinajstić information content (AvgIpc) is 3.31. The summed E-state index contributed by atoms with van der Waals surface area (Å²) in [7, 11) is 0. The van der Waals surface area contributed by atoms with Gasteiger partial charge in [0.1, 0.15) is 11.5 Å². The van der Waals surface area contributed by atoms with Gasteiger partial charge in [0.05, 0.1) is 5.69 Å². The summed E-state index contributed by atoms with van der Waals surface area (Å²) in [5.74, 6) is 3.48. The van der Waals surface area contributed by atoms with E-state index >= 15 is 0 Å². The molecule has 2 saturated heterocycles. The van der Waals surface area contributed by atoms with Crippen LogP contribution in [-0.4, -0.2) is 64.7 Å². The van der Waals surface area contributed by atoms with Crippen molar-refractivity contribution in [1.29, 1.82) is 0 Å². The highest BCUT2D eigenvalue weighted by Crippen LogP contribution is 2.39. The number of aromatic nitrogens is 3. The molecule has 3 aliphatic rings. The molecule has 2 N–H and O–H groups in total. The molecule has 1 atom stereocenters. The molecular weight excluding hydrogens is 372 g/mol. The summed E-state index contributed by atoms with van der Waals surface area (Å²) >= 11 is 0. The van der Waals surface area contributed by atoms with Crippen molar-refractivity contribution < 1.29 is 0 Å². The summed E-state index contributed by atoms with van der Waals surface area (Å²) < 4.78 is 0. The van der Waals surface area contributed by atoms with Crippen molar-refractivity contribution in [2.45, 2.75) is 64.0 Å². The third kappa shape index (κ3) is 4.54. The van der Waals surface area contributed by atoms with Crippen molar-refractivity contribution in [3.63, 3.8) is 0 Å². The largest absolute Gasteiger partial charge is 0.355 e. The molecule has 0 aromatic carbocycles. The molecule has 2 aliphatic heterocycles. The van der Waals surface area contributed by atoms with E-state index in [1.54, 1.807) is 0 Å². The van der Waals surface area contributed by atoms with Crippen LogP contribution >= 0.6 is 0 Å². The van der Waals surface area contributed by atoms with Crippen molar-refractivity contribution in [1.82, 2.24) is 25.2 Å². The van der Waals surface area contributed by atoms with Gasteiger partial charge in [-0.3, -0.25) is 0 Å². The van der Waals surface area contributed by atoms with Crippen molar-refractivity contribution >= 4 is 5.82 Å². The smallest absolute Gasteiger partial charge is 0.156 e. The maximum Gasteiger partial charge on any atom is 0.156 e. The van der Waals surface area contributed by atoms with E-state index in [-0.39, 0.29) is 0 Å². The van der Waals surface area contributed by atoms with E-state index < -0.39 is 0 Å². The maximum atomic E-state index is 4.93. The first-order chi connectivity index (χ1) is 14.7. The molecule has 0 radical (unpaired) electrons. The van der Waals surface area contributed by atoms with Crippen LogP contribution in [0.3, 0.4) is 0 Å². The lowest BCUT2D eigenvalue weighted by Gasteiger charge is -2.35. The van der Waals surface area contributed by atoms with Crippen LogP contribution in [0.4, 0.5) is 5.82 Å². The molecule has 2 aromatic rings. The topological polar surface area (TPSA) is 60.1 Å². The zero-order valence-electron chi connectivity index (χ0n) is 18.5. The number of nitrogens with one attached hydrogen (secondary N) is 2. The summed E-state index contributed by atoms with van der Waals surface area (Å²) in [6.07, 6.45) is 8.47. The Morgan fingerprint density at radius 2 is 1.90 bits per heavy atom. The van der Waals surface area contributed by atoms with Crippen molar-refractivity contribution in [3.8, 4) is 11.5 Å². The van der Waals surface area contributed by atoms with Gasteiger partial charge in [-0.2, -0.15) is 0 Å². The summed E-state index contributed by atoms with van der Waals surface area (Å²) in [5, 5.41) is 3.86. The van der Waals surface area contributed by atoms with Crippen LogP contribution in [0.1, 0.15) is 57.6 Å². The molecule has 0 bridgehead atoms. The summed E-state index contributed by atoms with van der Waals surface area (Å²) in [6.45, 7) is 10.4. The second-order valence-electron chi connectivity index (χ2n) is 9.74. The lowest BCUT2D eigenvalue weighted by atomic mass is 9.95. The average molecular weight is 409 g/mol. The van der Waals surface area contributed by atoms with Crippen molar-refractivity contribution in [3.05, 3.63) is 30.1 Å². The molecule has 5 rings (SSSR count). The number of nitrogens with zero attached hydrogens (tertiary/aromatic N) is 4. The molecule has 6 nitrogen and oxygen atoms in total. The van der Waals surface area contributed by atoms with E-state index in [2.05, 4.69) is 58.3 Å². The van der Waals surface area contributed by atoms with E-state index in [9.17, 15) is 0 Å². The van der Waals surface area contributed by atoms with Gasteiger partial charge in [-0.1, -0.05) is 6.07 Å². The number of H-pyrrole nitrogens is 1. The van der Waals surface area contributed by atoms with Gasteiger partial charge in [-0.15, -0.1) is 0 Å². The SMILES string of the molecule is CC(C)N1CCC(CN[C@@H]2CCN(c3cccc(-c4nc(C5CC5)c[nH]4)n3)C2)CC1. The molecule has 0 amide bonds. The van der Waals surface area contributed by atoms with Crippen LogP contribution in [0.15, 0.2) is 24.4 Å². The van der Waals surface area contributed by atoms with E-state index in [4.69, 9.17) is 9.97 Å². The highest BCUT2D eigenvalue weighted by Gasteiger charge is 2.27. The molecule has 0 unspecified atom stereocenters.